The van der Waals surface area contributed by atoms with Gasteiger partial charge in [-0.1, -0.05) is 5.16 Å². The van der Waals surface area contributed by atoms with Crippen LogP contribution in [0.2, 0.25) is 0 Å². The van der Waals surface area contributed by atoms with E-state index in [4.69, 9.17) is 9.26 Å². The summed E-state index contributed by atoms with van der Waals surface area (Å²) in [5.41, 5.74) is 1.28. The molecule has 0 saturated carbocycles. The van der Waals surface area contributed by atoms with Gasteiger partial charge in [0.15, 0.2) is 11.5 Å². The van der Waals surface area contributed by atoms with Gasteiger partial charge in [0.25, 0.3) is 5.91 Å². The molecular formula is C20H24FN5O4. The van der Waals surface area contributed by atoms with Crippen LogP contribution in [-0.2, 0) is 24.9 Å². The highest BCUT2D eigenvalue weighted by molar-refractivity contribution is 6.05. The number of fused-ring (bicyclic) bond motifs is 1. The molecule has 3 heterocycles. The highest BCUT2D eigenvalue weighted by Crippen LogP contribution is 2.35. The van der Waals surface area contributed by atoms with Crippen molar-refractivity contribution in [3.63, 3.8) is 0 Å². The first-order valence-corrected chi connectivity index (χ1v) is 9.76. The van der Waals surface area contributed by atoms with Crippen LogP contribution in [0, 0.1) is 5.82 Å². The second kappa shape index (κ2) is 8.04. The first-order valence-electron chi connectivity index (χ1n) is 9.76. The molecule has 0 bridgehead atoms. The molecule has 0 unspecified atom stereocenters. The van der Waals surface area contributed by atoms with Gasteiger partial charge < -0.3 is 24.6 Å². The number of nitrogens with zero attached hydrogens (tertiary/aromatic N) is 4. The lowest BCUT2D eigenvalue weighted by molar-refractivity contribution is -0.00550. The van der Waals surface area contributed by atoms with Crippen molar-refractivity contribution in [2.24, 2.45) is 7.05 Å². The zero-order valence-electron chi connectivity index (χ0n) is 17.1. The molecule has 3 aromatic rings. The normalized spacial score (nSPS) is 19.4. The van der Waals surface area contributed by atoms with E-state index in [0.717, 1.165) is 5.69 Å². The fourth-order valence-corrected chi connectivity index (χ4v) is 3.90. The first-order chi connectivity index (χ1) is 14.4. The summed E-state index contributed by atoms with van der Waals surface area (Å²) in [6, 6.07) is 3.34. The molecule has 1 fully saturated rings. The molecule has 10 heteroatoms. The van der Waals surface area contributed by atoms with E-state index in [1.807, 2.05) is 18.7 Å². The van der Waals surface area contributed by atoms with E-state index in [1.54, 1.807) is 30.1 Å². The number of morpholine rings is 1. The summed E-state index contributed by atoms with van der Waals surface area (Å²) < 4.78 is 28.0. The Labute approximate surface area is 172 Å². The number of aliphatic hydroxyl groups excluding tert-OH is 1. The summed E-state index contributed by atoms with van der Waals surface area (Å²) in [5.74, 6) is -1.14. The van der Waals surface area contributed by atoms with Gasteiger partial charge in [0, 0.05) is 31.9 Å². The Kier molecular flexibility index (Phi) is 5.44. The van der Waals surface area contributed by atoms with Crippen molar-refractivity contribution < 1.29 is 23.6 Å². The maximum atomic E-state index is 15.4. The molecule has 4 rings (SSSR count). The minimum absolute atomic E-state index is 0.0315. The molecule has 0 radical (unpaired) electrons. The number of hydrogen-bond donors (Lipinski definition) is 2. The predicted molar refractivity (Wildman–Crippen MR) is 106 cm³/mol. The molecule has 1 amide bonds. The summed E-state index contributed by atoms with van der Waals surface area (Å²) in [7, 11) is 1.77. The lowest BCUT2D eigenvalue weighted by atomic mass is 10.0. The maximum absolute atomic E-state index is 15.4. The smallest absolute Gasteiger partial charge is 0.274 e. The molecule has 1 saturated heterocycles. The first kappa shape index (κ1) is 20.3. The van der Waals surface area contributed by atoms with Crippen molar-refractivity contribution in [1.82, 2.24) is 20.3 Å². The average molecular weight is 417 g/mol. The van der Waals surface area contributed by atoms with E-state index in [-0.39, 0.29) is 47.7 Å². The number of rotatable bonds is 5. The molecule has 1 aromatic carbocycles. The fourth-order valence-electron chi connectivity index (χ4n) is 3.90. The SMILES string of the molecule is C[C@@H]1CN(c2c(CO)cc3c(C(=O)NCc4ccnn4C)noc3c2F)C[C@H](C)O1. The number of carbonyl (C=O) groups excluding carboxylic acids is 1. The lowest BCUT2D eigenvalue weighted by Gasteiger charge is -2.37. The predicted octanol–water partition coefficient (Wildman–Crippen LogP) is 1.74. The Balaban J connectivity index is 1.67. The third-order valence-electron chi connectivity index (χ3n) is 5.23. The number of aryl methyl sites for hydroxylation is 1. The Morgan fingerprint density at radius 3 is 2.73 bits per heavy atom. The van der Waals surface area contributed by atoms with Crippen LogP contribution in [0.3, 0.4) is 0 Å². The monoisotopic (exact) mass is 417 g/mol. The number of halogens is 1. The molecule has 160 valence electrons. The molecule has 2 atom stereocenters. The highest BCUT2D eigenvalue weighted by Gasteiger charge is 2.30. The maximum Gasteiger partial charge on any atom is 0.274 e. The largest absolute Gasteiger partial charge is 0.392 e. The van der Waals surface area contributed by atoms with Crippen LogP contribution in [0.1, 0.15) is 35.6 Å². The van der Waals surface area contributed by atoms with E-state index in [9.17, 15) is 9.90 Å². The van der Waals surface area contributed by atoms with Gasteiger partial charge in [-0.3, -0.25) is 9.48 Å². The number of anilines is 1. The molecule has 2 N–H and O–H groups in total. The third-order valence-corrected chi connectivity index (χ3v) is 5.23. The number of carbonyl (C=O) groups is 1. The molecule has 2 aromatic heterocycles. The third kappa shape index (κ3) is 3.63. The summed E-state index contributed by atoms with van der Waals surface area (Å²) >= 11 is 0. The minimum atomic E-state index is -0.643. The summed E-state index contributed by atoms with van der Waals surface area (Å²) in [6.07, 6.45) is 1.46. The van der Waals surface area contributed by atoms with Crippen LogP contribution < -0.4 is 10.2 Å². The minimum Gasteiger partial charge on any atom is -0.392 e. The molecule has 1 aliphatic heterocycles. The van der Waals surface area contributed by atoms with E-state index < -0.39 is 11.7 Å². The number of amides is 1. The molecule has 1 aliphatic rings. The number of ether oxygens (including phenoxy) is 1. The second-order valence-corrected chi connectivity index (χ2v) is 7.56. The molecule has 0 spiro atoms. The quantitative estimate of drug-likeness (QED) is 0.651. The van der Waals surface area contributed by atoms with Crippen molar-refractivity contribution >= 4 is 22.6 Å². The van der Waals surface area contributed by atoms with Gasteiger partial charge in [-0.15, -0.1) is 0 Å². The molecule has 9 nitrogen and oxygen atoms in total. The van der Waals surface area contributed by atoms with Crippen LogP contribution in [0.4, 0.5) is 10.1 Å². The van der Waals surface area contributed by atoms with Crippen LogP contribution in [0.5, 0.6) is 0 Å². The Morgan fingerprint density at radius 2 is 2.10 bits per heavy atom. The van der Waals surface area contributed by atoms with Crippen LogP contribution in [0.15, 0.2) is 22.9 Å². The van der Waals surface area contributed by atoms with E-state index in [2.05, 4.69) is 15.6 Å². The van der Waals surface area contributed by atoms with Gasteiger partial charge in [-0.25, -0.2) is 4.39 Å². The topological polar surface area (TPSA) is 106 Å². The molecule has 30 heavy (non-hydrogen) atoms. The van der Waals surface area contributed by atoms with Crippen molar-refractivity contribution in [2.45, 2.75) is 39.2 Å². The van der Waals surface area contributed by atoms with Crippen molar-refractivity contribution in [3.05, 3.63) is 41.1 Å². The van der Waals surface area contributed by atoms with E-state index in [1.165, 1.54) is 0 Å². The van der Waals surface area contributed by atoms with Crippen molar-refractivity contribution in [1.29, 1.82) is 0 Å². The molecular weight excluding hydrogens is 393 g/mol. The van der Waals surface area contributed by atoms with E-state index >= 15 is 4.39 Å². The van der Waals surface area contributed by atoms with E-state index in [0.29, 0.717) is 18.7 Å². The molecule has 0 aliphatic carbocycles. The van der Waals surface area contributed by atoms with Crippen LogP contribution in [-0.4, -0.2) is 51.2 Å². The van der Waals surface area contributed by atoms with Crippen LogP contribution in [0.25, 0.3) is 11.0 Å². The standard InChI is InChI=1S/C20H24FN5O4/c1-11-8-26(9-12(2)29-11)18-13(10-27)6-15-17(24-30-19(15)16(18)21)20(28)22-7-14-4-5-23-25(14)3/h4-6,11-12,27H,7-10H2,1-3H3,(H,22,28)/t11-,12+. The summed E-state index contributed by atoms with van der Waals surface area (Å²) in [6.45, 7) is 4.63. The highest BCUT2D eigenvalue weighted by atomic mass is 19.1. The Hall–Kier alpha value is -2.98. The van der Waals surface area contributed by atoms with Crippen molar-refractivity contribution in [2.75, 3.05) is 18.0 Å². The fraction of sp³-hybridized carbons (Fsp3) is 0.450. The zero-order valence-corrected chi connectivity index (χ0v) is 17.1. The van der Waals surface area contributed by atoms with Gasteiger partial charge in [-0.2, -0.15) is 5.10 Å². The number of nitrogens with one attached hydrogen (secondary N) is 1. The number of aliphatic hydroxyl groups is 1. The Bertz CT molecular complexity index is 1070. The second-order valence-electron chi connectivity index (χ2n) is 7.56. The van der Waals surface area contributed by atoms with Crippen LogP contribution >= 0.6 is 0 Å². The van der Waals surface area contributed by atoms with Gasteiger partial charge in [-0.05, 0) is 26.0 Å². The average Bonchev–Trinajstić information content (AvgIpc) is 3.31. The van der Waals surface area contributed by atoms with Crippen molar-refractivity contribution in [3.8, 4) is 0 Å². The summed E-state index contributed by atoms with van der Waals surface area (Å²) in [5, 5.41) is 20.7. The number of benzene rings is 1. The van der Waals surface area contributed by atoms with Gasteiger partial charge in [0.1, 0.15) is 0 Å². The Morgan fingerprint density at radius 1 is 1.37 bits per heavy atom. The lowest BCUT2D eigenvalue weighted by Crippen LogP contribution is -2.46. The van der Waals surface area contributed by atoms with Gasteiger partial charge >= 0.3 is 0 Å². The zero-order chi connectivity index (χ0) is 21.4. The number of aromatic nitrogens is 3. The number of hydrogen-bond acceptors (Lipinski definition) is 7. The van der Waals surface area contributed by atoms with Gasteiger partial charge in [0.05, 0.1) is 42.1 Å². The van der Waals surface area contributed by atoms with Gasteiger partial charge in [0.2, 0.25) is 5.58 Å². The summed E-state index contributed by atoms with van der Waals surface area (Å²) in [4.78, 5) is 14.5.